The number of thiophene rings is 1. The van der Waals surface area contributed by atoms with E-state index in [2.05, 4.69) is 21.9 Å². The van der Waals surface area contributed by atoms with Gasteiger partial charge < -0.3 is 5.32 Å². The van der Waals surface area contributed by atoms with Crippen LogP contribution < -0.4 is 10.0 Å². The zero-order chi connectivity index (χ0) is 15.3. The van der Waals surface area contributed by atoms with Gasteiger partial charge in [-0.3, -0.25) is 9.71 Å². The lowest BCUT2D eigenvalue weighted by molar-refractivity contribution is 0.603. The van der Waals surface area contributed by atoms with Crippen molar-refractivity contribution < 1.29 is 8.42 Å². The fourth-order valence-electron chi connectivity index (χ4n) is 1.77. The molecule has 0 spiro atoms. The maximum atomic E-state index is 12.4. The van der Waals surface area contributed by atoms with Crippen LogP contribution in [-0.2, 0) is 16.6 Å². The van der Waals surface area contributed by atoms with Crippen molar-refractivity contribution in [3.63, 3.8) is 0 Å². The summed E-state index contributed by atoms with van der Waals surface area (Å²) in [6.45, 7) is 5.54. The molecule has 0 radical (unpaired) electrons. The van der Waals surface area contributed by atoms with E-state index in [0.717, 1.165) is 23.4 Å². The number of sulfonamides is 1. The van der Waals surface area contributed by atoms with Gasteiger partial charge in [0.2, 0.25) is 0 Å². The van der Waals surface area contributed by atoms with E-state index >= 15 is 0 Å². The first-order valence-electron chi connectivity index (χ1n) is 6.76. The van der Waals surface area contributed by atoms with Crippen LogP contribution >= 0.6 is 11.3 Å². The minimum Gasteiger partial charge on any atom is -0.312 e. The lowest BCUT2D eigenvalue weighted by Gasteiger charge is -2.08. The Bertz CT molecular complexity index is 696. The van der Waals surface area contributed by atoms with E-state index in [0.29, 0.717) is 16.4 Å². The molecule has 7 heteroatoms. The van der Waals surface area contributed by atoms with Gasteiger partial charge in [-0.15, -0.1) is 11.3 Å². The summed E-state index contributed by atoms with van der Waals surface area (Å²) in [4.78, 5) is 4.96. The summed E-state index contributed by atoms with van der Waals surface area (Å²) < 4.78 is 27.6. The van der Waals surface area contributed by atoms with Crippen LogP contribution in [0, 0.1) is 6.92 Å². The molecule has 21 heavy (non-hydrogen) atoms. The van der Waals surface area contributed by atoms with E-state index in [-0.39, 0.29) is 0 Å². The van der Waals surface area contributed by atoms with Crippen molar-refractivity contribution in [1.82, 2.24) is 10.3 Å². The molecule has 2 N–H and O–H groups in total. The van der Waals surface area contributed by atoms with Crippen molar-refractivity contribution in [3.8, 4) is 0 Å². The van der Waals surface area contributed by atoms with Gasteiger partial charge in [-0.2, -0.15) is 0 Å². The molecule has 0 aliphatic carbocycles. The number of hydrogen-bond donors (Lipinski definition) is 2. The highest BCUT2D eigenvalue weighted by Crippen LogP contribution is 2.25. The number of hydrogen-bond acceptors (Lipinski definition) is 5. The van der Waals surface area contributed by atoms with Crippen molar-refractivity contribution in [2.45, 2.75) is 31.0 Å². The molecule has 0 saturated heterocycles. The summed E-state index contributed by atoms with van der Waals surface area (Å²) in [5, 5.41) is 3.26. The molecule has 0 saturated carbocycles. The SMILES string of the molecule is CCCNCc1ccc(S(=O)(=O)Nc2ccncc2C)s1. The number of nitrogens with one attached hydrogen (secondary N) is 2. The first-order valence-corrected chi connectivity index (χ1v) is 9.06. The van der Waals surface area contributed by atoms with Gasteiger partial charge in [0.25, 0.3) is 10.0 Å². The number of aromatic nitrogens is 1. The fourth-order valence-corrected chi connectivity index (χ4v) is 4.23. The van der Waals surface area contributed by atoms with Gasteiger partial charge in [-0.25, -0.2) is 8.42 Å². The van der Waals surface area contributed by atoms with E-state index < -0.39 is 10.0 Å². The second-order valence-corrected chi connectivity index (χ2v) is 7.77. The maximum absolute atomic E-state index is 12.4. The smallest absolute Gasteiger partial charge is 0.271 e. The lowest BCUT2D eigenvalue weighted by Crippen LogP contribution is -2.13. The highest BCUT2D eigenvalue weighted by Gasteiger charge is 2.17. The average molecular weight is 325 g/mol. The quantitative estimate of drug-likeness (QED) is 0.768. The van der Waals surface area contributed by atoms with Crippen LogP contribution in [0.15, 0.2) is 34.8 Å². The fraction of sp³-hybridized carbons (Fsp3) is 0.357. The molecule has 0 unspecified atom stereocenters. The molecule has 0 aliphatic heterocycles. The standard InChI is InChI=1S/C14H19N3O2S2/c1-3-7-15-10-12-4-5-14(20-12)21(18,19)17-13-6-8-16-9-11(13)2/h4-6,8-9,15H,3,7,10H2,1-2H3,(H,16,17). The van der Waals surface area contributed by atoms with Crippen LogP contribution in [0.1, 0.15) is 23.8 Å². The second-order valence-electron chi connectivity index (χ2n) is 4.69. The van der Waals surface area contributed by atoms with Crippen molar-refractivity contribution in [2.24, 2.45) is 0 Å². The average Bonchev–Trinajstić information content (AvgIpc) is 2.91. The Kier molecular flexibility index (Phi) is 5.33. The van der Waals surface area contributed by atoms with E-state index in [4.69, 9.17) is 0 Å². The summed E-state index contributed by atoms with van der Waals surface area (Å²) in [5.74, 6) is 0. The molecule has 2 aromatic heterocycles. The van der Waals surface area contributed by atoms with Crippen LogP contribution in [0.4, 0.5) is 5.69 Å². The molecule has 114 valence electrons. The molecular weight excluding hydrogens is 306 g/mol. The minimum absolute atomic E-state index is 0.326. The largest absolute Gasteiger partial charge is 0.312 e. The van der Waals surface area contributed by atoms with Gasteiger partial charge >= 0.3 is 0 Å². The van der Waals surface area contributed by atoms with E-state index in [1.807, 2.05) is 13.0 Å². The summed E-state index contributed by atoms with van der Waals surface area (Å²) in [5.41, 5.74) is 1.35. The van der Waals surface area contributed by atoms with Crippen molar-refractivity contribution in [2.75, 3.05) is 11.3 Å². The molecule has 0 amide bonds. The number of anilines is 1. The molecule has 2 heterocycles. The zero-order valence-corrected chi connectivity index (χ0v) is 13.7. The summed E-state index contributed by atoms with van der Waals surface area (Å²) in [6.07, 6.45) is 4.26. The molecule has 0 atom stereocenters. The lowest BCUT2D eigenvalue weighted by atomic mass is 10.3. The zero-order valence-electron chi connectivity index (χ0n) is 12.1. The Balaban J connectivity index is 2.11. The first-order chi connectivity index (χ1) is 10.0. The molecule has 0 aliphatic rings. The van der Waals surface area contributed by atoms with Gasteiger partial charge in [0.1, 0.15) is 4.21 Å². The Morgan fingerprint density at radius 1 is 1.29 bits per heavy atom. The third kappa shape index (κ3) is 4.26. The van der Waals surface area contributed by atoms with E-state index in [9.17, 15) is 8.42 Å². The van der Waals surface area contributed by atoms with Gasteiger partial charge in [-0.05, 0) is 43.7 Å². The van der Waals surface area contributed by atoms with Crippen LogP contribution in [-0.4, -0.2) is 19.9 Å². The minimum atomic E-state index is -3.53. The van der Waals surface area contributed by atoms with Crippen LogP contribution in [0.25, 0.3) is 0 Å². The second kappa shape index (κ2) is 7.02. The van der Waals surface area contributed by atoms with Crippen molar-refractivity contribution >= 4 is 27.0 Å². The number of nitrogens with zero attached hydrogens (tertiary/aromatic N) is 1. The molecule has 0 fully saturated rings. The topological polar surface area (TPSA) is 71.1 Å². The van der Waals surface area contributed by atoms with Gasteiger partial charge in [-0.1, -0.05) is 6.92 Å². The van der Waals surface area contributed by atoms with Gasteiger partial charge in [0.05, 0.1) is 5.69 Å². The number of aryl methyl sites for hydroxylation is 1. The Morgan fingerprint density at radius 2 is 2.10 bits per heavy atom. The van der Waals surface area contributed by atoms with Crippen LogP contribution in [0.2, 0.25) is 0 Å². The summed E-state index contributed by atoms with van der Waals surface area (Å²) in [7, 11) is -3.53. The molecule has 0 aromatic carbocycles. The predicted octanol–water partition coefficient (Wildman–Crippen LogP) is 2.75. The van der Waals surface area contributed by atoms with Crippen molar-refractivity contribution in [3.05, 3.63) is 41.0 Å². The van der Waals surface area contributed by atoms with Crippen LogP contribution in [0.5, 0.6) is 0 Å². The normalized spacial score (nSPS) is 11.5. The monoisotopic (exact) mass is 325 g/mol. The summed E-state index contributed by atoms with van der Waals surface area (Å²) in [6, 6.07) is 5.15. The molecular formula is C14H19N3O2S2. The number of rotatable bonds is 7. The molecule has 0 bridgehead atoms. The maximum Gasteiger partial charge on any atom is 0.271 e. The third-order valence-electron chi connectivity index (χ3n) is 2.89. The predicted molar refractivity (Wildman–Crippen MR) is 86.1 cm³/mol. The van der Waals surface area contributed by atoms with E-state index in [1.165, 1.54) is 11.3 Å². The van der Waals surface area contributed by atoms with Gasteiger partial charge in [0, 0.05) is 23.8 Å². The molecule has 2 aromatic rings. The number of pyridine rings is 1. The Hall–Kier alpha value is -1.44. The Morgan fingerprint density at radius 3 is 2.81 bits per heavy atom. The first kappa shape index (κ1) is 15.9. The highest BCUT2D eigenvalue weighted by molar-refractivity contribution is 7.94. The van der Waals surface area contributed by atoms with E-state index in [1.54, 1.807) is 24.5 Å². The molecule has 5 nitrogen and oxygen atoms in total. The highest BCUT2D eigenvalue weighted by atomic mass is 32.2. The Labute approximate surface area is 129 Å². The molecule has 2 rings (SSSR count). The summed E-state index contributed by atoms with van der Waals surface area (Å²) >= 11 is 1.29. The van der Waals surface area contributed by atoms with Crippen molar-refractivity contribution in [1.29, 1.82) is 0 Å². The van der Waals surface area contributed by atoms with Gasteiger partial charge in [0.15, 0.2) is 0 Å². The van der Waals surface area contributed by atoms with Crippen LogP contribution in [0.3, 0.4) is 0 Å². The third-order valence-corrected chi connectivity index (χ3v) is 5.84.